The number of aliphatic hydroxyl groups is 2. The molecule has 92 valence electrons. The number of hydrogen-bond donors (Lipinski definition) is 3. The summed E-state index contributed by atoms with van der Waals surface area (Å²) in [5.74, 6) is -0.296. The first-order chi connectivity index (χ1) is 7.97. The molecule has 1 aromatic rings. The Balaban J connectivity index is 2.20. The van der Waals surface area contributed by atoms with Gasteiger partial charge in [0.25, 0.3) is 5.91 Å². The summed E-state index contributed by atoms with van der Waals surface area (Å²) in [6.45, 7) is 0.235. The quantitative estimate of drug-likeness (QED) is 0.622. The van der Waals surface area contributed by atoms with E-state index in [2.05, 4.69) is 0 Å². The van der Waals surface area contributed by atoms with Crippen LogP contribution in [0.5, 0.6) is 0 Å². The zero-order chi connectivity index (χ0) is 12.6. The Bertz CT molecular complexity index is 422. The number of nitrogens with two attached hydrogens (primary N) is 1. The highest BCUT2D eigenvalue weighted by molar-refractivity contribution is 6.31. The lowest BCUT2D eigenvalue weighted by molar-refractivity contribution is 0.0572. The minimum absolute atomic E-state index is 0.117. The number of rotatable bonds is 1. The highest BCUT2D eigenvalue weighted by atomic mass is 35.5. The third-order valence-electron chi connectivity index (χ3n) is 2.71. The maximum Gasteiger partial charge on any atom is 0.254 e. The van der Waals surface area contributed by atoms with Crippen LogP contribution in [-0.2, 0) is 0 Å². The fourth-order valence-corrected chi connectivity index (χ4v) is 2.10. The molecule has 0 radical (unpaired) electrons. The summed E-state index contributed by atoms with van der Waals surface area (Å²) in [6, 6.07) is 4.58. The Hall–Kier alpha value is -1.30. The number of aliphatic hydroxyl groups excluding tert-OH is 2. The van der Waals surface area contributed by atoms with Crippen LogP contribution in [0.1, 0.15) is 10.4 Å². The van der Waals surface area contributed by atoms with Crippen molar-refractivity contribution in [1.29, 1.82) is 0 Å². The minimum atomic E-state index is -0.893. The number of hydrogen-bond acceptors (Lipinski definition) is 4. The number of nitrogen functional groups attached to an aromatic ring is 1. The lowest BCUT2D eigenvalue weighted by Crippen LogP contribution is -2.29. The molecule has 1 aliphatic heterocycles. The lowest BCUT2D eigenvalue weighted by Gasteiger charge is -2.15. The average Bonchev–Trinajstić information content (AvgIpc) is 2.57. The second-order valence-corrected chi connectivity index (χ2v) is 4.55. The molecule has 0 spiro atoms. The van der Waals surface area contributed by atoms with Crippen molar-refractivity contribution in [1.82, 2.24) is 4.90 Å². The van der Waals surface area contributed by atoms with Crippen molar-refractivity contribution in [3.8, 4) is 0 Å². The maximum atomic E-state index is 12.0. The molecule has 0 saturated carbocycles. The van der Waals surface area contributed by atoms with E-state index in [4.69, 9.17) is 17.3 Å². The van der Waals surface area contributed by atoms with Crippen molar-refractivity contribution >= 4 is 23.2 Å². The number of β-amino-alcohol motifs (C(OH)–C–C–N with tert-alkyl or cyclic N) is 2. The normalized spacial score (nSPS) is 24.1. The van der Waals surface area contributed by atoms with E-state index in [9.17, 15) is 15.0 Å². The van der Waals surface area contributed by atoms with Gasteiger partial charge in [-0.05, 0) is 18.2 Å². The number of carbonyl (C=O) groups is 1. The van der Waals surface area contributed by atoms with Crippen LogP contribution in [0.25, 0.3) is 0 Å². The monoisotopic (exact) mass is 256 g/mol. The average molecular weight is 257 g/mol. The Morgan fingerprint density at radius 3 is 2.41 bits per heavy atom. The fraction of sp³-hybridized carbons (Fsp3) is 0.364. The van der Waals surface area contributed by atoms with Crippen LogP contribution in [0.3, 0.4) is 0 Å². The molecule has 0 bridgehead atoms. The second kappa shape index (κ2) is 4.52. The van der Waals surface area contributed by atoms with Crippen LogP contribution in [0.15, 0.2) is 18.2 Å². The first kappa shape index (κ1) is 12.2. The number of benzene rings is 1. The standard InChI is InChI=1S/C11H13ClN2O3/c12-7-1-6(2-8(13)3-7)11(17)14-4-9(15)10(16)5-14/h1-3,9-10,15-16H,4-5,13H2/t9-,10+. The van der Waals surface area contributed by atoms with Gasteiger partial charge < -0.3 is 20.8 Å². The SMILES string of the molecule is Nc1cc(Cl)cc(C(=O)N2C[C@@H](O)[C@@H](O)C2)c1. The van der Waals surface area contributed by atoms with E-state index < -0.39 is 12.2 Å². The predicted octanol–water partition coefficient (Wildman–Crippen LogP) is 0.0998. The van der Waals surface area contributed by atoms with E-state index >= 15 is 0 Å². The summed E-state index contributed by atoms with van der Waals surface area (Å²) in [7, 11) is 0. The van der Waals surface area contributed by atoms with Gasteiger partial charge in [-0.1, -0.05) is 11.6 Å². The summed E-state index contributed by atoms with van der Waals surface area (Å²) < 4.78 is 0. The molecule has 1 heterocycles. The zero-order valence-electron chi connectivity index (χ0n) is 9.01. The first-order valence-electron chi connectivity index (χ1n) is 5.19. The van der Waals surface area contributed by atoms with Gasteiger partial charge in [-0.3, -0.25) is 4.79 Å². The van der Waals surface area contributed by atoms with Crippen molar-refractivity contribution < 1.29 is 15.0 Å². The van der Waals surface area contributed by atoms with E-state index in [-0.39, 0.29) is 19.0 Å². The van der Waals surface area contributed by atoms with Gasteiger partial charge in [0.2, 0.25) is 0 Å². The van der Waals surface area contributed by atoms with E-state index in [1.54, 1.807) is 6.07 Å². The molecule has 6 heteroatoms. The molecule has 1 fully saturated rings. The summed E-state index contributed by atoms with van der Waals surface area (Å²) in [4.78, 5) is 13.4. The smallest absolute Gasteiger partial charge is 0.254 e. The highest BCUT2D eigenvalue weighted by Crippen LogP contribution is 2.20. The molecule has 1 saturated heterocycles. The number of anilines is 1. The summed E-state index contributed by atoms with van der Waals surface area (Å²) in [5, 5.41) is 19.1. The molecule has 1 aromatic carbocycles. The maximum absolute atomic E-state index is 12.0. The van der Waals surface area contributed by atoms with Crippen molar-refractivity contribution in [2.24, 2.45) is 0 Å². The van der Waals surface area contributed by atoms with Crippen LogP contribution >= 0.6 is 11.6 Å². The molecule has 2 rings (SSSR count). The zero-order valence-corrected chi connectivity index (χ0v) is 9.76. The van der Waals surface area contributed by atoms with Gasteiger partial charge in [0.15, 0.2) is 0 Å². The lowest BCUT2D eigenvalue weighted by atomic mass is 10.2. The van der Waals surface area contributed by atoms with Crippen molar-refractivity contribution in [2.45, 2.75) is 12.2 Å². The van der Waals surface area contributed by atoms with Crippen molar-refractivity contribution in [3.05, 3.63) is 28.8 Å². The van der Waals surface area contributed by atoms with Gasteiger partial charge in [-0.15, -0.1) is 0 Å². The number of amides is 1. The Morgan fingerprint density at radius 1 is 1.29 bits per heavy atom. The second-order valence-electron chi connectivity index (χ2n) is 4.12. The molecule has 0 aromatic heterocycles. The van der Waals surface area contributed by atoms with E-state index in [1.807, 2.05) is 0 Å². The molecule has 4 N–H and O–H groups in total. The van der Waals surface area contributed by atoms with Crippen LogP contribution in [0.4, 0.5) is 5.69 Å². The Kier molecular flexibility index (Phi) is 3.24. The van der Waals surface area contributed by atoms with Crippen LogP contribution in [-0.4, -0.2) is 46.3 Å². The molecule has 2 atom stereocenters. The molecule has 0 unspecified atom stereocenters. The minimum Gasteiger partial charge on any atom is -0.399 e. The summed E-state index contributed by atoms with van der Waals surface area (Å²) in [6.07, 6.45) is -1.79. The third-order valence-corrected chi connectivity index (χ3v) is 2.93. The molecule has 1 amide bonds. The number of nitrogens with zero attached hydrogens (tertiary/aromatic N) is 1. The van der Waals surface area contributed by atoms with Crippen LogP contribution in [0.2, 0.25) is 5.02 Å². The molecule has 1 aliphatic rings. The fourth-order valence-electron chi connectivity index (χ4n) is 1.85. The summed E-state index contributed by atoms with van der Waals surface area (Å²) in [5.41, 5.74) is 6.36. The van der Waals surface area contributed by atoms with Crippen LogP contribution in [0, 0.1) is 0 Å². The number of likely N-dealkylation sites (tertiary alicyclic amines) is 1. The van der Waals surface area contributed by atoms with E-state index in [0.717, 1.165) is 0 Å². The van der Waals surface area contributed by atoms with Gasteiger partial charge in [0, 0.05) is 29.4 Å². The first-order valence-corrected chi connectivity index (χ1v) is 5.56. The summed E-state index contributed by atoms with van der Waals surface area (Å²) >= 11 is 5.81. The Labute approximate surface area is 103 Å². The van der Waals surface area contributed by atoms with Gasteiger partial charge >= 0.3 is 0 Å². The largest absolute Gasteiger partial charge is 0.399 e. The molecule has 5 nitrogen and oxygen atoms in total. The van der Waals surface area contributed by atoms with Crippen molar-refractivity contribution in [2.75, 3.05) is 18.8 Å². The molecular weight excluding hydrogens is 244 g/mol. The highest BCUT2D eigenvalue weighted by Gasteiger charge is 2.33. The topological polar surface area (TPSA) is 86.8 Å². The van der Waals surface area contributed by atoms with Crippen molar-refractivity contribution in [3.63, 3.8) is 0 Å². The number of halogens is 1. The van der Waals surface area contributed by atoms with E-state index in [0.29, 0.717) is 16.3 Å². The van der Waals surface area contributed by atoms with Crippen LogP contribution < -0.4 is 5.73 Å². The van der Waals surface area contributed by atoms with Gasteiger partial charge in [-0.2, -0.15) is 0 Å². The predicted molar refractivity (Wildman–Crippen MR) is 63.8 cm³/mol. The third kappa shape index (κ3) is 2.52. The molecule has 17 heavy (non-hydrogen) atoms. The Morgan fingerprint density at radius 2 is 1.88 bits per heavy atom. The number of carbonyl (C=O) groups excluding carboxylic acids is 1. The van der Waals surface area contributed by atoms with Gasteiger partial charge in [-0.25, -0.2) is 0 Å². The van der Waals surface area contributed by atoms with Gasteiger partial charge in [0.1, 0.15) is 0 Å². The van der Waals surface area contributed by atoms with E-state index in [1.165, 1.54) is 17.0 Å². The molecule has 0 aliphatic carbocycles. The van der Waals surface area contributed by atoms with Gasteiger partial charge in [0.05, 0.1) is 12.2 Å². The molecular formula is C11H13ClN2O3.